The van der Waals surface area contributed by atoms with E-state index in [1.807, 2.05) is 0 Å². The summed E-state index contributed by atoms with van der Waals surface area (Å²) < 4.78 is 0. The van der Waals surface area contributed by atoms with Gasteiger partial charge in [0.05, 0.1) is 0 Å². The summed E-state index contributed by atoms with van der Waals surface area (Å²) in [4.78, 5) is 11.7. The summed E-state index contributed by atoms with van der Waals surface area (Å²) in [6, 6.07) is 0. The molecule has 16 heavy (non-hydrogen) atoms. The van der Waals surface area contributed by atoms with Crippen LogP contribution in [0.4, 0.5) is 0 Å². The standard InChI is InChI=1S/C15H26O/c1-10-7-12-8-13(15(2,3)4)6-5-11(12)9-14(10)16/h10-13H,5-9H2,1-4H3/t10-,11?,12?,13-/m1/s1. The van der Waals surface area contributed by atoms with Gasteiger partial charge < -0.3 is 0 Å². The van der Waals surface area contributed by atoms with Crippen LogP contribution in [0.5, 0.6) is 0 Å². The maximum absolute atomic E-state index is 11.7. The molecule has 0 N–H and O–H groups in total. The van der Waals surface area contributed by atoms with Crippen LogP contribution in [0, 0.1) is 29.1 Å². The number of fused-ring (bicyclic) bond motifs is 1. The van der Waals surface area contributed by atoms with Crippen LogP contribution in [0.15, 0.2) is 0 Å². The lowest BCUT2D eigenvalue weighted by Crippen LogP contribution is -2.38. The molecule has 0 amide bonds. The first kappa shape index (κ1) is 12.1. The molecule has 0 aliphatic heterocycles. The number of hydrogen-bond donors (Lipinski definition) is 0. The molecule has 0 saturated heterocycles. The van der Waals surface area contributed by atoms with Crippen LogP contribution in [0.2, 0.25) is 0 Å². The summed E-state index contributed by atoms with van der Waals surface area (Å²) >= 11 is 0. The second-order valence-corrected chi connectivity index (χ2v) is 7.20. The Bertz CT molecular complexity index is 274. The monoisotopic (exact) mass is 222 g/mol. The number of carbonyl (C=O) groups is 1. The molecular formula is C15H26O. The minimum absolute atomic E-state index is 0.333. The summed E-state index contributed by atoms with van der Waals surface area (Å²) in [5.74, 6) is 3.29. The smallest absolute Gasteiger partial charge is 0.135 e. The highest BCUT2D eigenvalue weighted by atomic mass is 16.1. The number of hydrogen-bond acceptors (Lipinski definition) is 1. The Morgan fingerprint density at radius 1 is 1.06 bits per heavy atom. The van der Waals surface area contributed by atoms with Crippen molar-refractivity contribution in [2.45, 2.75) is 59.8 Å². The lowest BCUT2D eigenvalue weighted by molar-refractivity contribution is -0.128. The van der Waals surface area contributed by atoms with Gasteiger partial charge in [-0.05, 0) is 48.9 Å². The Hall–Kier alpha value is -0.330. The van der Waals surface area contributed by atoms with Gasteiger partial charge in [0.25, 0.3) is 0 Å². The molecular weight excluding hydrogens is 196 g/mol. The maximum Gasteiger partial charge on any atom is 0.135 e. The largest absolute Gasteiger partial charge is 0.299 e. The fraction of sp³-hybridized carbons (Fsp3) is 0.933. The third-order valence-corrected chi connectivity index (χ3v) is 5.03. The SMILES string of the molecule is C[C@@H]1CC2C[C@H](C(C)(C)C)CCC2CC1=O. The number of carbonyl (C=O) groups excluding carboxylic acids is 1. The van der Waals surface area contributed by atoms with E-state index in [1.54, 1.807) is 0 Å². The summed E-state index contributed by atoms with van der Waals surface area (Å²) in [7, 11) is 0. The van der Waals surface area contributed by atoms with E-state index in [0.29, 0.717) is 17.1 Å². The van der Waals surface area contributed by atoms with Gasteiger partial charge in [-0.2, -0.15) is 0 Å². The molecule has 92 valence electrons. The molecule has 0 aromatic heterocycles. The molecule has 2 fully saturated rings. The molecule has 2 rings (SSSR count). The van der Waals surface area contributed by atoms with Gasteiger partial charge in [-0.25, -0.2) is 0 Å². The highest BCUT2D eigenvalue weighted by Crippen LogP contribution is 2.48. The predicted molar refractivity (Wildman–Crippen MR) is 67.2 cm³/mol. The van der Waals surface area contributed by atoms with E-state index in [-0.39, 0.29) is 0 Å². The Morgan fingerprint density at radius 3 is 2.38 bits per heavy atom. The van der Waals surface area contributed by atoms with Crippen LogP contribution >= 0.6 is 0 Å². The van der Waals surface area contributed by atoms with Gasteiger partial charge in [0.1, 0.15) is 5.78 Å². The van der Waals surface area contributed by atoms with E-state index >= 15 is 0 Å². The Morgan fingerprint density at radius 2 is 1.75 bits per heavy atom. The molecule has 2 unspecified atom stereocenters. The normalized spacial score (nSPS) is 40.6. The van der Waals surface area contributed by atoms with Gasteiger partial charge in [-0.1, -0.05) is 27.7 Å². The van der Waals surface area contributed by atoms with Crippen molar-refractivity contribution in [3.05, 3.63) is 0 Å². The van der Waals surface area contributed by atoms with Gasteiger partial charge in [-0.15, -0.1) is 0 Å². The first-order valence-electron chi connectivity index (χ1n) is 6.90. The van der Waals surface area contributed by atoms with Crippen molar-refractivity contribution >= 4 is 5.78 Å². The quantitative estimate of drug-likeness (QED) is 0.604. The first-order valence-corrected chi connectivity index (χ1v) is 6.90. The molecule has 0 spiro atoms. The van der Waals surface area contributed by atoms with Gasteiger partial charge in [0, 0.05) is 12.3 Å². The third-order valence-electron chi connectivity index (χ3n) is 5.03. The Labute approximate surface area is 100.0 Å². The van der Waals surface area contributed by atoms with Crippen molar-refractivity contribution in [1.82, 2.24) is 0 Å². The maximum atomic E-state index is 11.7. The van der Waals surface area contributed by atoms with E-state index in [0.717, 1.165) is 30.6 Å². The van der Waals surface area contributed by atoms with Gasteiger partial charge in [-0.3, -0.25) is 4.79 Å². The second kappa shape index (κ2) is 4.16. The topological polar surface area (TPSA) is 17.1 Å². The van der Waals surface area contributed by atoms with E-state index in [2.05, 4.69) is 27.7 Å². The van der Waals surface area contributed by atoms with Crippen LogP contribution in [0.3, 0.4) is 0 Å². The lowest BCUT2D eigenvalue weighted by Gasteiger charge is -2.44. The molecule has 0 aromatic rings. The number of ketones is 1. The van der Waals surface area contributed by atoms with E-state index in [4.69, 9.17) is 0 Å². The third kappa shape index (κ3) is 2.33. The Balaban J connectivity index is 2.02. The minimum atomic E-state index is 0.333. The molecule has 1 nitrogen and oxygen atoms in total. The molecule has 0 bridgehead atoms. The minimum Gasteiger partial charge on any atom is -0.299 e. The molecule has 0 heterocycles. The molecule has 2 aliphatic rings. The first-order chi connectivity index (χ1) is 7.38. The average Bonchev–Trinajstić information content (AvgIpc) is 2.17. The molecule has 2 aliphatic carbocycles. The summed E-state index contributed by atoms with van der Waals surface area (Å²) in [6.45, 7) is 9.24. The van der Waals surface area contributed by atoms with Crippen molar-refractivity contribution in [1.29, 1.82) is 0 Å². The van der Waals surface area contributed by atoms with Crippen LogP contribution < -0.4 is 0 Å². The zero-order valence-electron chi connectivity index (χ0n) is 11.3. The molecule has 0 aromatic carbocycles. The zero-order chi connectivity index (χ0) is 11.9. The summed E-state index contributed by atoms with van der Waals surface area (Å²) in [5, 5.41) is 0. The highest BCUT2D eigenvalue weighted by molar-refractivity contribution is 5.81. The fourth-order valence-corrected chi connectivity index (χ4v) is 3.72. The van der Waals surface area contributed by atoms with Crippen LogP contribution in [-0.2, 0) is 4.79 Å². The van der Waals surface area contributed by atoms with Gasteiger partial charge in [0.15, 0.2) is 0 Å². The molecule has 1 heteroatoms. The second-order valence-electron chi connectivity index (χ2n) is 7.20. The molecule has 2 saturated carbocycles. The van der Waals surface area contributed by atoms with Crippen molar-refractivity contribution in [2.24, 2.45) is 29.1 Å². The highest BCUT2D eigenvalue weighted by Gasteiger charge is 2.40. The van der Waals surface area contributed by atoms with E-state index in [9.17, 15) is 4.79 Å². The number of rotatable bonds is 0. The van der Waals surface area contributed by atoms with Crippen molar-refractivity contribution in [3.63, 3.8) is 0 Å². The van der Waals surface area contributed by atoms with Crippen LogP contribution in [0.1, 0.15) is 59.8 Å². The number of Topliss-reactive ketones (excluding diaryl/α,β-unsaturated/α-hetero) is 1. The van der Waals surface area contributed by atoms with Crippen molar-refractivity contribution < 1.29 is 4.79 Å². The zero-order valence-corrected chi connectivity index (χ0v) is 11.3. The Kier molecular flexibility index (Phi) is 3.16. The lowest BCUT2D eigenvalue weighted by atomic mass is 9.60. The van der Waals surface area contributed by atoms with Crippen molar-refractivity contribution in [3.8, 4) is 0 Å². The summed E-state index contributed by atoms with van der Waals surface area (Å²) in [6.07, 6.45) is 6.04. The van der Waals surface area contributed by atoms with Crippen LogP contribution in [0.25, 0.3) is 0 Å². The molecule has 4 atom stereocenters. The van der Waals surface area contributed by atoms with Gasteiger partial charge in [0.2, 0.25) is 0 Å². The van der Waals surface area contributed by atoms with Crippen molar-refractivity contribution in [2.75, 3.05) is 0 Å². The van der Waals surface area contributed by atoms with E-state index < -0.39 is 0 Å². The van der Waals surface area contributed by atoms with Crippen LogP contribution in [-0.4, -0.2) is 5.78 Å². The summed E-state index contributed by atoms with van der Waals surface area (Å²) in [5.41, 5.74) is 0.454. The predicted octanol–water partition coefficient (Wildman–Crippen LogP) is 4.06. The van der Waals surface area contributed by atoms with E-state index in [1.165, 1.54) is 19.3 Å². The average molecular weight is 222 g/mol. The fourth-order valence-electron chi connectivity index (χ4n) is 3.72. The molecule has 0 radical (unpaired) electrons. The van der Waals surface area contributed by atoms with Gasteiger partial charge >= 0.3 is 0 Å².